The predicted octanol–water partition coefficient (Wildman–Crippen LogP) is 2.30. The minimum Gasteiger partial charge on any atom is -0.312 e. The highest BCUT2D eigenvalue weighted by atomic mass is 15.0. The molecule has 2 heteroatoms. The Morgan fingerprint density at radius 2 is 1.80 bits per heavy atom. The third-order valence-electron chi connectivity index (χ3n) is 4.17. The molecule has 0 spiro atoms. The molecule has 0 aromatic rings. The molecule has 1 aliphatic heterocycles. The first-order valence-corrected chi connectivity index (χ1v) is 6.83. The number of hydrogen-bond acceptors (Lipinski definition) is 2. The molecule has 2 N–H and O–H groups in total. The molecule has 0 aromatic carbocycles. The largest absolute Gasteiger partial charge is 0.312 e. The van der Waals surface area contributed by atoms with Crippen LogP contribution in [0.1, 0.15) is 51.9 Å². The zero-order valence-corrected chi connectivity index (χ0v) is 10.1. The van der Waals surface area contributed by atoms with Crippen LogP contribution in [0.25, 0.3) is 0 Å². The van der Waals surface area contributed by atoms with Gasteiger partial charge >= 0.3 is 0 Å². The fraction of sp³-hybridized carbons (Fsp3) is 1.00. The van der Waals surface area contributed by atoms with Crippen LogP contribution < -0.4 is 10.6 Å². The van der Waals surface area contributed by atoms with Crippen molar-refractivity contribution in [2.24, 2.45) is 5.92 Å². The SMILES string of the molecule is CC1CCNC1CNC1CCCCCC1. The molecule has 88 valence electrons. The van der Waals surface area contributed by atoms with Crippen molar-refractivity contribution in [3.05, 3.63) is 0 Å². The summed E-state index contributed by atoms with van der Waals surface area (Å²) in [5.41, 5.74) is 0. The maximum atomic E-state index is 3.77. The molecule has 2 fully saturated rings. The zero-order valence-electron chi connectivity index (χ0n) is 10.1. The molecule has 0 radical (unpaired) electrons. The van der Waals surface area contributed by atoms with Gasteiger partial charge in [0.05, 0.1) is 0 Å². The molecular formula is C13H26N2. The Bertz CT molecular complexity index is 173. The number of rotatable bonds is 3. The van der Waals surface area contributed by atoms with E-state index in [1.54, 1.807) is 0 Å². The maximum absolute atomic E-state index is 3.77. The minimum absolute atomic E-state index is 0.730. The van der Waals surface area contributed by atoms with Crippen LogP contribution >= 0.6 is 0 Å². The first-order chi connectivity index (χ1) is 7.36. The minimum atomic E-state index is 0.730. The molecule has 1 aliphatic carbocycles. The average molecular weight is 210 g/mol. The van der Waals surface area contributed by atoms with Crippen molar-refractivity contribution >= 4 is 0 Å². The van der Waals surface area contributed by atoms with Crippen molar-refractivity contribution < 1.29 is 0 Å². The van der Waals surface area contributed by atoms with Gasteiger partial charge in [0.1, 0.15) is 0 Å². The van der Waals surface area contributed by atoms with Crippen molar-refractivity contribution in [3.63, 3.8) is 0 Å². The summed E-state index contributed by atoms with van der Waals surface area (Å²) in [6.07, 6.45) is 9.95. The fourth-order valence-electron chi connectivity index (χ4n) is 2.95. The van der Waals surface area contributed by atoms with Gasteiger partial charge in [-0.05, 0) is 31.7 Å². The molecule has 0 amide bonds. The summed E-state index contributed by atoms with van der Waals surface area (Å²) in [5.74, 6) is 0.864. The lowest BCUT2D eigenvalue weighted by Crippen LogP contribution is -2.41. The molecule has 0 aromatic heterocycles. The summed E-state index contributed by atoms with van der Waals surface area (Å²) < 4.78 is 0. The molecule has 0 bridgehead atoms. The molecule has 1 saturated heterocycles. The second-order valence-electron chi connectivity index (χ2n) is 5.42. The Morgan fingerprint density at radius 3 is 2.40 bits per heavy atom. The van der Waals surface area contributed by atoms with E-state index in [2.05, 4.69) is 17.6 Å². The number of nitrogens with one attached hydrogen (secondary N) is 2. The Balaban J connectivity index is 1.67. The van der Waals surface area contributed by atoms with Crippen LogP contribution in [0.15, 0.2) is 0 Å². The van der Waals surface area contributed by atoms with E-state index < -0.39 is 0 Å². The highest BCUT2D eigenvalue weighted by Gasteiger charge is 2.23. The molecule has 2 aliphatic rings. The third-order valence-corrected chi connectivity index (χ3v) is 4.17. The fourth-order valence-corrected chi connectivity index (χ4v) is 2.95. The molecular weight excluding hydrogens is 184 g/mol. The van der Waals surface area contributed by atoms with Crippen molar-refractivity contribution in [2.75, 3.05) is 13.1 Å². The normalized spacial score (nSPS) is 34.2. The highest BCUT2D eigenvalue weighted by Crippen LogP contribution is 2.18. The Morgan fingerprint density at radius 1 is 1.07 bits per heavy atom. The second kappa shape index (κ2) is 5.86. The molecule has 2 rings (SSSR count). The van der Waals surface area contributed by atoms with E-state index in [0.717, 1.165) is 18.0 Å². The van der Waals surface area contributed by atoms with Crippen LogP contribution in [0.5, 0.6) is 0 Å². The van der Waals surface area contributed by atoms with Crippen LogP contribution in [0.2, 0.25) is 0 Å². The third kappa shape index (κ3) is 3.46. The van der Waals surface area contributed by atoms with Crippen molar-refractivity contribution in [3.8, 4) is 0 Å². The quantitative estimate of drug-likeness (QED) is 0.698. The van der Waals surface area contributed by atoms with Crippen LogP contribution in [0.4, 0.5) is 0 Å². The van der Waals surface area contributed by atoms with Crippen LogP contribution in [0, 0.1) is 5.92 Å². The highest BCUT2D eigenvalue weighted by molar-refractivity contribution is 4.84. The zero-order chi connectivity index (χ0) is 10.5. The first kappa shape index (κ1) is 11.4. The second-order valence-corrected chi connectivity index (χ2v) is 5.42. The van der Waals surface area contributed by atoms with Gasteiger partial charge in [-0.1, -0.05) is 32.6 Å². The molecule has 1 heterocycles. The average Bonchev–Trinajstić information content (AvgIpc) is 2.53. The summed E-state index contributed by atoms with van der Waals surface area (Å²) >= 11 is 0. The molecule has 15 heavy (non-hydrogen) atoms. The van der Waals surface area contributed by atoms with Gasteiger partial charge in [0.25, 0.3) is 0 Å². The number of hydrogen-bond donors (Lipinski definition) is 2. The molecule has 2 nitrogen and oxygen atoms in total. The summed E-state index contributed by atoms with van der Waals surface area (Å²) in [5, 5.41) is 7.37. The van der Waals surface area contributed by atoms with Gasteiger partial charge in [0.15, 0.2) is 0 Å². The topological polar surface area (TPSA) is 24.1 Å². The molecule has 2 unspecified atom stereocenters. The maximum Gasteiger partial charge on any atom is 0.0218 e. The van der Waals surface area contributed by atoms with E-state index in [0.29, 0.717) is 0 Å². The summed E-state index contributed by atoms with van der Waals surface area (Å²) in [6, 6.07) is 1.54. The van der Waals surface area contributed by atoms with E-state index in [9.17, 15) is 0 Å². The van der Waals surface area contributed by atoms with Gasteiger partial charge in [-0.25, -0.2) is 0 Å². The lowest BCUT2D eigenvalue weighted by molar-refractivity contribution is 0.390. The van der Waals surface area contributed by atoms with Crippen molar-refractivity contribution in [1.82, 2.24) is 10.6 Å². The van der Waals surface area contributed by atoms with Crippen LogP contribution in [-0.4, -0.2) is 25.2 Å². The summed E-state index contributed by atoms with van der Waals surface area (Å²) in [6.45, 7) is 4.78. The van der Waals surface area contributed by atoms with E-state index in [1.165, 1.54) is 58.0 Å². The molecule has 2 atom stereocenters. The predicted molar refractivity (Wildman–Crippen MR) is 65.1 cm³/mol. The van der Waals surface area contributed by atoms with Crippen molar-refractivity contribution in [1.29, 1.82) is 0 Å². The smallest absolute Gasteiger partial charge is 0.0218 e. The van der Waals surface area contributed by atoms with Crippen LogP contribution in [0.3, 0.4) is 0 Å². The van der Waals surface area contributed by atoms with E-state index in [-0.39, 0.29) is 0 Å². The summed E-state index contributed by atoms with van der Waals surface area (Å²) in [4.78, 5) is 0. The molecule has 1 saturated carbocycles. The summed E-state index contributed by atoms with van der Waals surface area (Å²) in [7, 11) is 0. The van der Waals surface area contributed by atoms with Crippen molar-refractivity contribution in [2.45, 2.75) is 64.0 Å². The van der Waals surface area contributed by atoms with Gasteiger partial charge in [-0.2, -0.15) is 0 Å². The lowest BCUT2D eigenvalue weighted by atomic mass is 10.0. The van der Waals surface area contributed by atoms with Crippen LogP contribution in [-0.2, 0) is 0 Å². The van der Waals surface area contributed by atoms with E-state index in [4.69, 9.17) is 0 Å². The van der Waals surface area contributed by atoms with E-state index in [1.807, 2.05) is 0 Å². The Kier molecular flexibility index (Phi) is 4.45. The van der Waals surface area contributed by atoms with E-state index >= 15 is 0 Å². The Hall–Kier alpha value is -0.0800. The standard InChI is InChI=1S/C13H26N2/c1-11-8-9-14-13(11)10-15-12-6-4-2-3-5-7-12/h11-15H,2-10H2,1H3. The van der Waals surface area contributed by atoms with Gasteiger partial charge in [0, 0.05) is 18.6 Å². The lowest BCUT2D eigenvalue weighted by Gasteiger charge is -2.21. The Labute approximate surface area is 94.2 Å². The van der Waals surface area contributed by atoms with Gasteiger partial charge < -0.3 is 10.6 Å². The first-order valence-electron chi connectivity index (χ1n) is 6.83. The van der Waals surface area contributed by atoms with Gasteiger partial charge in [-0.15, -0.1) is 0 Å². The monoisotopic (exact) mass is 210 g/mol. The van der Waals surface area contributed by atoms with Gasteiger partial charge in [0.2, 0.25) is 0 Å². The van der Waals surface area contributed by atoms with Gasteiger partial charge in [-0.3, -0.25) is 0 Å².